The van der Waals surface area contributed by atoms with Gasteiger partial charge in [0.05, 0.1) is 63.8 Å². The molecule has 2 aliphatic rings. The summed E-state index contributed by atoms with van der Waals surface area (Å²) in [4.78, 5) is 151. The molecule has 2 aromatic carbocycles. The fraction of sp³-hybridized carbons (Fsp3) is 0.648. The average Bonchev–Trinajstić information content (AvgIpc) is 1.04. The summed E-state index contributed by atoms with van der Waals surface area (Å²) in [5.74, 6) is -8.11. The number of unbranched alkanes of at least 4 members (excludes halogenated alkanes) is 1. The number of hydrogen-bond acceptors (Lipinski definition) is 18. The summed E-state index contributed by atoms with van der Waals surface area (Å²) in [7, 11) is 1.60. The summed E-state index contributed by atoms with van der Waals surface area (Å²) in [6.07, 6.45) is 2.15. The van der Waals surface area contributed by atoms with Crippen LogP contribution in [0.4, 0.5) is 0 Å². The van der Waals surface area contributed by atoms with Gasteiger partial charge in [0, 0.05) is 100 Å². The van der Waals surface area contributed by atoms with Crippen LogP contribution in [0.1, 0.15) is 174 Å². The van der Waals surface area contributed by atoms with Crippen molar-refractivity contribution in [2.45, 2.75) is 208 Å². The number of aliphatic hydroxyl groups excluding tert-OH is 1. The van der Waals surface area contributed by atoms with Crippen LogP contribution < -0.4 is 26.6 Å². The molecule has 1 fully saturated rings. The van der Waals surface area contributed by atoms with E-state index in [-0.39, 0.29) is 107 Å². The van der Waals surface area contributed by atoms with Crippen molar-refractivity contribution in [2.75, 3.05) is 59.9 Å². The number of aryl methyl sites for hydroxylation is 2. The molecule has 0 spiro atoms. The molecule has 9 atom stereocenters. The average molecular weight is 1370 g/mol. The molecular formula is C71H105ClN6O18. The van der Waals surface area contributed by atoms with E-state index in [2.05, 4.69) is 26.6 Å². The maximum absolute atomic E-state index is 14.3. The molecule has 0 bridgehead atoms. The van der Waals surface area contributed by atoms with Gasteiger partial charge in [0.2, 0.25) is 29.5 Å². The lowest BCUT2D eigenvalue weighted by Gasteiger charge is -2.35. The molecule has 2 heterocycles. The first-order chi connectivity index (χ1) is 45.5. The second-order valence-electron chi connectivity index (χ2n) is 26.4. The summed E-state index contributed by atoms with van der Waals surface area (Å²) >= 11 is 6.44. The van der Waals surface area contributed by atoms with Crippen LogP contribution in [0.2, 0.25) is 5.02 Å². The number of hydroxylamine groups is 2. The summed E-state index contributed by atoms with van der Waals surface area (Å²) in [5.41, 5.74) is 1.83. The molecule has 0 radical (unpaired) electrons. The number of benzene rings is 2. The van der Waals surface area contributed by atoms with E-state index in [4.69, 9.17) is 40.1 Å². The Morgan fingerprint density at radius 2 is 1.39 bits per heavy atom. The Hall–Kier alpha value is -6.96. The fourth-order valence-corrected chi connectivity index (χ4v) is 11.1. The van der Waals surface area contributed by atoms with Gasteiger partial charge < -0.3 is 60.2 Å². The maximum atomic E-state index is 14.3. The third kappa shape index (κ3) is 28.2. The number of methoxy groups -OCH3 is 1. The van der Waals surface area contributed by atoms with E-state index in [1.54, 1.807) is 54.7 Å². The first kappa shape index (κ1) is 81.5. The van der Waals surface area contributed by atoms with Gasteiger partial charge in [-0.25, -0.2) is 9.59 Å². The van der Waals surface area contributed by atoms with Crippen molar-refractivity contribution < 1.29 is 86.4 Å². The number of cyclic esters (lactones) is 1. The summed E-state index contributed by atoms with van der Waals surface area (Å²) in [6, 6.07) is 8.90. The highest BCUT2D eigenvalue weighted by Gasteiger charge is 2.41. The maximum Gasteiger partial charge on any atom is 0.333 e. The van der Waals surface area contributed by atoms with E-state index in [1.165, 1.54) is 12.2 Å². The van der Waals surface area contributed by atoms with Gasteiger partial charge in [-0.2, -0.15) is 0 Å². The second-order valence-corrected chi connectivity index (χ2v) is 26.8. The molecule has 4 rings (SSSR count). The van der Waals surface area contributed by atoms with Gasteiger partial charge in [-0.15, -0.1) is 5.06 Å². The van der Waals surface area contributed by atoms with Gasteiger partial charge in [0.1, 0.15) is 24.0 Å². The molecule has 0 aliphatic carbocycles. The number of nitrogens with zero attached hydrogens (tertiary/aromatic N) is 1. The first-order valence-electron chi connectivity index (χ1n) is 33.7. The molecule has 2 aromatic rings. The van der Waals surface area contributed by atoms with Crippen LogP contribution in [0.3, 0.4) is 0 Å². The van der Waals surface area contributed by atoms with Crippen LogP contribution in [0.15, 0.2) is 54.6 Å². The smallest absolute Gasteiger partial charge is 0.333 e. The highest BCUT2D eigenvalue weighted by atomic mass is 35.5. The number of esters is 1. The molecule has 0 saturated carbocycles. The van der Waals surface area contributed by atoms with Crippen molar-refractivity contribution in [2.24, 2.45) is 29.1 Å². The van der Waals surface area contributed by atoms with Crippen LogP contribution in [-0.2, 0) is 94.1 Å². The van der Waals surface area contributed by atoms with Gasteiger partial charge in [-0.3, -0.25) is 43.2 Å². The SMILES string of the molecule is COCCOCCOCCOCCC(=O)NCCCC[C@H](CC(=O)[C@@H](NC(=O)CCCC(=O)ON1C(=O)CCC1=O)C(C)C)C(=O)CCc1ccc([C@@H](C)[C@H](O)[C@@H](C)[C@@H]2C/C=C/C(=O)N[C@H](Cc3ccc(C)c(Cl)c3)C(=O)N[C@@H](C)C(C)(C)C(=O)N[C@@H](CC(C)C)C(=O)O2)cc1. The third-order valence-electron chi connectivity index (χ3n) is 17.5. The lowest BCUT2D eigenvalue weighted by molar-refractivity contribution is -0.197. The predicted molar refractivity (Wildman–Crippen MR) is 358 cm³/mol. The number of imide groups is 1. The van der Waals surface area contributed by atoms with Crippen molar-refractivity contribution in [3.05, 3.63) is 81.9 Å². The Morgan fingerprint density at radius 3 is 2.01 bits per heavy atom. The molecule has 7 amide bonds. The minimum Gasteiger partial charge on any atom is -0.460 e. The number of ether oxygens (including phenoxy) is 5. The van der Waals surface area contributed by atoms with Gasteiger partial charge in [-0.05, 0) is 106 Å². The molecular weight excluding hydrogens is 1260 g/mol. The molecule has 25 heteroatoms. The molecule has 6 N–H and O–H groups in total. The Labute approximate surface area is 570 Å². The van der Waals surface area contributed by atoms with Gasteiger partial charge >= 0.3 is 11.9 Å². The van der Waals surface area contributed by atoms with Crippen molar-refractivity contribution >= 4 is 76.5 Å². The summed E-state index contributed by atoms with van der Waals surface area (Å²) in [6.45, 7) is 20.8. The molecule has 96 heavy (non-hydrogen) atoms. The van der Waals surface area contributed by atoms with E-state index in [0.29, 0.717) is 87.5 Å². The Balaban J connectivity index is 1.45. The lowest BCUT2D eigenvalue weighted by atomic mass is 9.83. The zero-order valence-corrected chi connectivity index (χ0v) is 58.8. The molecule has 2 aliphatic heterocycles. The van der Waals surface area contributed by atoms with Crippen LogP contribution in [0.25, 0.3) is 0 Å². The molecule has 1 saturated heterocycles. The van der Waals surface area contributed by atoms with Crippen molar-refractivity contribution in [3.63, 3.8) is 0 Å². The van der Waals surface area contributed by atoms with Gasteiger partial charge in [-0.1, -0.05) is 102 Å². The largest absolute Gasteiger partial charge is 0.460 e. The molecule has 0 unspecified atom stereocenters. The zero-order chi connectivity index (χ0) is 71.1. The number of Topliss-reactive ketones (excluding diaryl/α,β-unsaturated/α-hetero) is 2. The first-order valence-corrected chi connectivity index (χ1v) is 34.1. The van der Waals surface area contributed by atoms with E-state index in [0.717, 1.165) is 16.7 Å². The van der Waals surface area contributed by atoms with Gasteiger partial charge in [0.15, 0.2) is 5.78 Å². The number of hydrogen-bond donors (Lipinski definition) is 6. The Kier molecular flexibility index (Phi) is 35.6. The number of aliphatic hydroxyl groups is 1. The van der Waals surface area contributed by atoms with E-state index >= 15 is 0 Å². The summed E-state index contributed by atoms with van der Waals surface area (Å²) < 4.78 is 27.5. The van der Waals surface area contributed by atoms with Crippen molar-refractivity contribution in [1.82, 2.24) is 31.6 Å². The van der Waals surface area contributed by atoms with E-state index in [1.807, 2.05) is 64.1 Å². The topological polar surface area (TPSA) is 327 Å². The number of rotatable bonds is 39. The Morgan fingerprint density at radius 1 is 0.750 bits per heavy atom. The highest BCUT2D eigenvalue weighted by Crippen LogP contribution is 2.31. The van der Waals surface area contributed by atoms with Crippen molar-refractivity contribution in [3.8, 4) is 0 Å². The quantitative estimate of drug-likeness (QED) is 0.0228. The van der Waals surface area contributed by atoms with Crippen LogP contribution in [-0.4, -0.2) is 171 Å². The van der Waals surface area contributed by atoms with Crippen LogP contribution >= 0.6 is 11.6 Å². The highest BCUT2D eigenvalue weighted by molar-refractivity contribution is 6.31. The van der Waals surface area contributed by atoms with E-state index < -0.39 is 107 Å². The van der Waals surface area contributed by atoms with Gasteiger partial charge in [0.25, 0.3) is 11.8 Å². The predicted octanol–water partition coefficient (Wildman–Crippen LogP) is 6.78. The third-order valence-corrected chi connectivity index (χ3v) is 17.9. The van der Waals surface area contributed by atoms with E-state index in [9.17, 15) is 57.8 Å². The number of nitrogens with one attached hydrogen (secondary N) is 5. The monoisotopic (exact) mass is 1360 g/mol. The number of ketones is 2. The van der Waals surface area contributed by atoms with Crippen molar-refractivity contribution in [1.29, 1.82) is 0 Å². The minimum absolute atomic E-state index is 0.0146. The second kappa shape index (κ2) is 42.0. The van der Waals surface area contributed by atoms with Crippen LogP contribution in [0, 0.1) is 36.0 Å². The number of carbonyl (C=O) groups excluding carboxylic acids is 11. The molecule has 24 nitrogen and oxygen atoms in total. The molecule has 0 aromatic heterocycles. The zero-order valence-electron chi connectivity index (χ0n) is 58.0. The lowest BCUT2D eigenvalue weighted by Crippen LogP contribution is -2.58. The Bertz CT molecular complexity index is 2920. The number of amides is 7. The number of halogens is 1. The summed E-state index contributed by atoms with van der Waals surface area (Å²) in [5, 5.41) is 27.3. The number of carbonyl (C=O) groups is 11. The standard InChI is InChI=1S/C71H105ClN6O18/c1-44(2)40-56-69(89)95-59(17-14-18-61(82)75-55(42-51-22-21-46(5)54(72)41-51)68(88)74-49(8)71(9,10)70(90)76-56)48(7)67(87)47(6)52-26-23-50(24-27-52)25-28-57(79)53(16-12-13-32-73-60(81)31-33-92-36-37-94-39-38-93-35-34-91-11)43-58(80)66(45(3)4)77-62(83)19-15-20-65(86)96-78-63(84)29-30-64(78)85/h14,18,21-24,26-27,41,44-45,47-49,53,55-56,59,66-67,87H,12-13,15-17,19-20,25,28-40,42-43H2,1-11H3,(H,73,81)(H,74,88)(H,75,82)(H,76,90)(H,77,83)/b18-14+/t47-,48+,49+,53-,55-,56+,59+,66+,67+/m1/s1. The molecule has 534 valence electrons. The van der Waals surface area contributed by atoms with Crippen LogP contribution in [0.5, 0.6) is 0 Å². The fourth-order valence-electron chi connectivity index (χ4n) is 10.9. The normalized spacial score (nSPS) is 19.9. The minimum atomic E-state index is -1.25.